The van der Waals surface area contributed by atoms with Crippen LogP contribution < -0.4 is 0 Å². The molecule has 0 aliphatic rings. The fourth-order valence-electron chi connectivity index (χ4n) is 0.903. The Hall–Kier alpha value is -0.221. The number of rotatable bonds is 6. The average Bonchev–Trinajstić information content (AvgIpc) is 2.24. The molecule has 0 rings (SSSR count). The van der Waals surface area contributed by atoms with Gasteiger partial charge in [-0.1, -0.05) is 0 Å². The van der Waals surface area contributed by atoms with Gasteiger partial charge in [-0.25, -0.2) is 0 Å². The topological polar surface area (TPSA) is 9.23 Å². The van der Waals surface area contributed by atoms with Crippen molar-refractivity contribution in [3.8, 4) is 0 Å². The van der Waals surface area contributed by atoms with Crippen LogP contribution in [0.4, 0.5) is 61.5 Å². The molecule has 0 bridgehead atoms. The number of hydrogen-bond acceptors (Lipinski definition) is 1. The maximum Gasteiger partial charge on any atom is 0.459 e. The quantitative estimate of drug-likeness (QED) is 0.391. The van der Waals surface area contributed by atoms with E-state index in [-0.39, 0.29) is 23.9 Å². The molecule has 0 aliphatic heterocycles. The standard InChI is InChI=1S/C8H4F14O.Sn/c9-3(10,5(13,14)7(17,18)19)1-23-2-4(11,12)6(15,16)8(20,21)22;/h1-2H2;. The van der Waals surface area contributed by atoms with Crippen LogP contribution in [0.5, 0.6) is 0 Å². The molecular weight excluding hydrogens is 497 g/mol. The zero-order valence-corrected chi connectivity index (χ0v) is 13.5. The molecule has 0 unspecified atom stereocenters. The van der Waals surface area contributed by atoms with Crippen LogP contribution >= 0.6 is 0 Å². The molecule has 144 valence electrons. The van der Waals surface area contributed by atoms with Crippen molar-refractivity contribution in [2.24, 2.45) is 0 Å². The SMILES string of the molecule is FC(F)(F)C(F)(F)C(F)(F)COCC(F)(F)C(F)(F)C(F)(F)F.[Sn]. The van der Waals surface area contributed by atoms with E-state index in [1.54, 1.807) is 0 Å². The van der Waals surface area contributed by atoms with Gasteiger partial charge in [-0.2, -0.15) is 61.5 Å². The smallest absolute Gasteiger partial charge is 0.368 e. The van der Waals surface area contributed by atoms with E-state index in [4.69, 9.17) is 0 Å². The van der Waals surface area contributed by atoms with Crippen LogP contribution in [0.3, 0.4) is 0 Å². The summed E-state index contributed by atoms with van der Waals surface area (Å²) in [6.45, 7) is -6.36. The van der Waals surface area contributed by atoms with E-state index in [1.165, 1.54) is 0 Å². The molecule has 24 heavy (non-hydrogen) atoms. The Kier molecular flexibility index (Phi) is 7.79. The summed E-state index contributed by atoms with van der Waals surface area (Å²) in [6.07, 6.45) is -13.7. The molecule has 0 N–H and O–H groups in total. The van der Waals surface area contributed by atoms with E-state index in [2.05, 4.69) is 4.74 Å². The Morgan fingerprint density at radius 2 is 0.667 bits per heavy atom. The van der Waals surface area contributed by atoms with Crippen molar-refractivity contribution < 1.29 is 66.2 Å². The number of ether oxygens (including phenoxy) is 1. The molecule has 0 aromatic heterocycles. The van der Waals surface area contributed by atoms with Gasteiger partial charge >= 0.3 is 36.0 Å². The van der Waals surface area contributed by atoms with Crippen molar-refractivity contribution in [1.29, 1.82) is 0 Å². The molecule has 0 heterocycles. The summed E-state index contributed by atoms with van der Waals surface area (Å²) in [5.74, 6) is -26.0. The maximum absolute atomic E-state index is 12.6. The second kappa shape index (κ2) is 7.18. The number of hydrogen-bond donors (Lipinski definition) is 0. The minimum absolute atomic E-state index is 0. The first-order valence-corrected chi connectivity index (χ1v) is 4.93. The van der Waals surface area contributed by atoms with Crippen molar-refractivity contribution in [1.82, 2.24) is 0 Å². The van der Waals surface area contributed by atoms with Gasteiger partial charge in [0.25, 0.3) is 0 Å². The Morgan fingerprint density at radius 3 is 0.833 bits per heavy atom. The monoisotopic (exact) mass is 502 g/mol. The van der Waals surface area contributed by atoms with Gasteiger partial charge in [0.1, 0.15) is 13.2 Å². The molecule has 4 radical (unpaired) electrons. The first kappa shape index (κ1) is 26.0. The van der Waals surface area contributed by atoms with E-state index in [1.807, 2.05) is 0 Å². The summed E-state index contributed by atoms with van der Waals surface area (Å²) in [6, 6.07) is 0. The molecule has 0 saturated carbocycles. The molecule has 0 aliphatic carbocycles. The van der Waals surface area contributed by atoms with Crippen molar-refractivity contribution >= 4 is 23.9 Å². The van der Waals surface area contributed by atoms with E-state index >= 15 is 0 Å². The molecular formula is C8H4F14OSn. The summed E-state index contributed by atoms with van der Waals surface area (Å²) < 4.78 is 172. The van der Waals surface area contributed by atoms with Crippen molar-refractivity contribution in [2.75, 3.05) is 13.2 Å². The van der Waals surface area contributed by atoms with Crippen LogP contribution in [0.2, 0.25) is 0 Å². The number of halogens is 14. The number of alkyl halides is 14. The molecule has 16 heteroatoms. The first-order chi connectivity index (χ1) is 9.71. The molecule has 0 saturated heterocycles. The Balaban J connectivity index is 0. The van der Waals surface area contributed by atoms with E-state index < -0.39 is 49.3 Å². The Morgan fingerprint density at radius 1 is 0.458 bits per heavy atom. The second-order valence-corrected chi connectivity index (χ2v) is 4.05. The summed E-state index contributed by atoms with van der Waals surface area (Å²) in [4.78, 5) is 0. The first-order valence-electron chi connectivity index (χ1n) is 4.93. The van der Waals surface area contributed by atoms with E-state index in [0.717, 1.165) is 0 Å². The Labute approximate surface area is 140 Å². The van der Waals surface area contributed by atoms with Gasteiger partial charge in [0.05, 0.1) is 0 Å². The Bertz CT molecular complexity index is 372. The van der Waals surface area contributed by atoms with Gasteiger partial charge in [0.2, 0.25) is 0 Å². The van der Waals surface area contributed by atoms with Gasteiger partial charge in [-0.3, -0.25) is 0 Å². The average molecular weight is 501 g/mol. The van der Waals surface area contributed by atoms with Gasteiger partial charge < -0.3 is 4.74 Å². The fourth-order valence-corrected chi connectivity index (χ4v) is 0.903. The molecule has 0 aromatic rings. The van der Waals surface area contributed by atoms with Gasteiger partial charge in [-0.15, -0.1) is 0 Å². The van der Waals surface area contributed by atoms with E-state index in [0.29, 0.717) is 0 Å². The van der Waals surface area contributed by atoms with Crippen molar-refractivity contribution in [3.05, 3.63) is 0 Å². The van der Waals surface area contributed by atoms with Crippen LogP contribution in [-0.4, -0.2) is 73.2 Å². The van der Waals surface area contributed by atoms with E-state index in [9.17, 15) is 61.5 Å². The summed E-state index contributed by atoms with van der Waals surface area (Å²) in [7, 11) is 0. The van der Waals surface area contributed by atoms with Crippen LogP contribution in [0.1, 0.15) is 0 Å². The molecule has 0 amide bonds. The van der Waals surface area contributed by atoms with Gasteiger partial charge in [0.15, 0.2) is 0 Å². The zero-order chi connectivity index (χ0) is 19.1. The molecule has 0 fully saturated rings. The van der Waals surface area contributed by atoms with Gasteiger partial charge in [-0.05, 0) is 0 Å². The third kappa shape index (κ3) is 4.91. The van der Waals surface area contributed by atoms with Crippen LogP contribution in [0.25, 0.3) is 0 Å². The normalized spacial score (nSPS) is 15.2. The molecule has 0 aromatic carbocycles. The summed E-state index contributed by atoms with van der Waals surface area (Å²) in [5.41, 5.74) is 0. The minimum Gasteiger partial charge on any atom is -0.368 e. The minimum atomic E-state index is -6.85. The zero-order valence-electron chi connectivity index (χ0n) is 10.6. The second-order valence-electron chi connectivity index (χ2n) is 4.05. The third-order valence-corrected chi connectivity index (χ3v) is 2.20. The largest absolute Gasteiger partial charge is 0.459 e. The fraction of sp³-hybridized carbons (Fsp3) is 1.00. The molecule has 0 spiro atoms. The predicted octanol–water partition coefficient (Wildman–Crippen LogP) is 4.29. The van der Waals surface area contributed by atoms with Crippen molar-refractivity contribution in [2.45, 2.75) is 36.0 Å². The molecule has 1 nitrogen and oxygen atoms in total. The predicted molar refractivity (Wildman–Crippen MR) is 48.5 cm³/mol. The van der Waals surface area contributed by atoms with Crippen molar-refractivity contribution in [3.63, 3.8) is 0 Å². The summed E-state index contributed by atoms with van der Waals surface area (Å²) >= 11 is 0. The third-order valence-electron chi connectivity index (χ3n) is 2.20. The van der Waals surface area contributed by atoms with Crippen LogP contribution in [0, 0.1) is 0 Å². The van der Waals surface area contributed by atoms with Gasteiger partial charge in [0, 0.05) is 23.9 Å². The summed E-state index contributed by atoms with van der Waals surface area (Å²) in [5, 5.41) is 0. The maximum atomic E-state index is 12.6. The van der Waals surface area contributed by atoms with Crippen LogP contribution in [0.15, 0.2) is 0 Å². The molecule has 0 atom stereocenters. The van der Waals surface area contributed by atoms with Crippen LogP contribution in [-0.2, 0) is 4.74 Å².